The van der Waals surface area contributed by atoms with Crippen LogP contribution in [0.15, 0.2) is 58.1 Å². The summed E-state index contributed by atoms with van der Waals surface area (Å²) in [6.45, 7) is 0. The normalized spacial score (nSPS) is 11.8. The molecule has 104 valence electrons. The molecule has 0 heterocycles. The third kappa shape index (κ3) is 3.84. The lowest BCUT2D eigenvalue weighted by Crippen LogP contribution is -2.08. The van der Waals surface area contributed by atoms with Crippen molar-refractivity contribution in [3.8, 4) is 0 Å². The van der Waals surface area contributed by atoms with Crippen LogP contribution in [0.4, 0.5) is 18.9 Å². The third-order valence-corrected chi connectivity index (χ3v) is 3.03. The van der Waals surface area contributed by atoms with Crippen LogP contribution in [0.1, 0.15) is 11.1 Å². The van der Waals surface area contributed by atoms with Gasteiger partial charge in [0.2, 0.25) is 0 Å². The van der Waals surface area contributed by atoms with E-state index >= 15 is 0 Å². The highest BCUT2D eigenvalue weighted by atomic mass is 79.9. The lowest BCUT2D eigenvalue weighted by atomic mass is 10.2. The zero-order valence-electron chi connectivity index (χ0n) is 10.2. The van der Waals surface area contributed by atoms with Gasteiger partial charge >= 0.3 is 6.18 Å². The van der Waals surface area contributed by atoms with Gasteiger partial charge in [0.15, 0.2) is 0 Å². The van der Waals surface area contributed by atoms with Crippen molar-refractivity contribution >= 4 is 27.8 Å². The van der Waals surface area contributed by atoms with Crippen molar-refractivity contribution in [3.63, 3.8) is 0 Å². The Bertz CT molecular complexity index is 607. The second-order valence-electron chi connectivity index (χ2n) is 3.96. The molecule has 0 amide bonds. The summed E-state index contributed by atoms with van der Waals surface area (Å²) in [5, 5.41) is 3.83. The number of para-hydroxylation sites is 1. The van der Waals surface area contributed by atoms with E-state index in [2.05, 4.69) is 26.5 Å². The molecule has 0 radical (unpaired) electrons. The molecule has 0 spiro atoms. The van der Waals surface area contributed by atoms with Crippen LogP contribution in [0.25, 0.3) is 0 Å². The van der Waals surface area contributed by atoms with Crippen LogP contribution in [0, 0.1) is 0 Å². The van der Waals surface area contributed by atoms with Gasteiger partial charge in [0.1, 0.15) is 0 Å². The highest BCUT2D eigenvalue weighted by Gasteiger charge is 2.33. The van der Waals surface area contributed by atoms with Crippen molar-refractivity contribution in [1.82, 2.24) is 0 Å². The van der Waals surface area contributed by atoms with E-state index in [-0.39, 0.29) is 5.69 Å². The van der Waals surface area contributed by atoms with Crippen molar-refractivity contribution in [2.45, 2.75) is 6.18 Å². The number of hydrazone groups is 1. The zero-order valence-corrected chi connectivity index (χ0v) is 11.7. The molecule has 0 aliphatic rings. The largest absolute Gasteiger partial charge is 0.418 e. The van der Waals surface area contributed by atoms with Gasteiger partial charge in [0, 0.05) is 4.47 Å². The molecular formula is C14H10BrF3N2. The molecule has 2 rings (SSSR count). The Kier molecular flexibility index (Phi) is 4.44. The summed E-state index contributed by atoms with van der Waals surface area (Å²) >= 11 is 3.30. The maximum Gasteiger partial charge on any atom is 0.418 e. The first-order valence-electron chi connectivity index (χ1n) is 5.68. The van der Waals surface area contributed by atoms with Crippen LogP contribution in [-0.2, 0) is 6.18 Å². The standard InChI is InChI=1S/C14H10BrF3N2/c15-11-7-5-10(6-8-11)9-19-20-13-4-2-1-3-12(13)14(16,17)18/h1-9,20H. The first kappa shape index (κ1) is 14.6. The molecule has 0 aromatic heterocycles. The van der Waals surface area contributed by atoms with Crippen LogP contribution in [-0.4, -0.2) is 6.21 Å². The number of hydrogen-bond donors (Lipinski definition) is 1. The first-order valence-corrected chi connectivity index (χ1v) is 6.47. The number of nitrogens with one attached hydrogen (secondary N) is 1. The van der Waals surface area contributed by atoms with E-state index in [1.165, 1.54) is 24.4 Å². The van der Waals surface area contributed by atoms with Crippen LogP contribution in [0.5, 0.6) is 0 Å². The Balaban J connectivity index is 2.13. The fraction of sp³-hybridized carbons (Fsp3) is 0.0714. The van der Waals surface area contributed by atoms with Gasteiger partial charge in [-0.05, 0) is 29.8 Å². The second-order valence-corrected chi connectivity index (χ2v) is 4.88. The van der Waals surface area contributed by atoms with Gasteiger partial charge in [-0.1, -0.05) is 40.2 Å². The number of nitrogens with zero attached hydrogens (tertiary/aromatic N) is 1. The van der Waals surface area contributed by atoms with E-state index in [0.717, 1.165) is 16.1 Å². The molecule has 0 fully saturated rings. The summed E-state index contributed by atoms with van der Waals surface area (Å²) in [7, 11) is 0. The summed E-state index contributed by atoms with van der Waals surface area (Å²) in [5.41, 5.74) is 2.38. The van der Waals surface area contributed by atoms with E-state index in [4.69, 9.17) is 0 Å². The smallest absolute Gasteiger partial charge is 0.278 e. The molecule has 2 aromatic carbocycles. The predicted molar refractivity (Wildman–Crippen MR) is 76.8 cm³/mol. The summed E-state index contributed by atoms with van der Waals surface area (Å²) in [5.74, 6) is 0. The minimum Gasteiger partial charge on any atom is -0.278 e. The van der Waals surface area contributed by atoms with Crippen molar-refractivity contribution in [2.24, 2.45) is 5.10 Å². The van der Waals surface area contributed by atoms with Crippen molar-refractivity contribution in [3.05, 3.63) is 64.1 Å². The molecular weight excluding hydrogens is 333 g/mol. The molecule has 0 unspecified atom stereocenters. The van der Waals surface area contributed by atoms with Gasteiger partial charge in [-0.15, -0.1) is 0 Å². The average molecular weight is 343 g/mol. The Hall–Kier alpha value is -1.82. The number of rotatable bonds is 3. The molecule has 0 bridgehead atoms. The molecule has 0 atom stereocenters. The number of benzene rings is 2. The highest BCUT2D eigenvalue weighted by molar-refractivity contribution is 9.10. The quantitative estimate of drug-likeness (QED) is 0.621. The average Bonchev–Trinajstić information content (AvgIpc) is 2.40. The van der Waals surface area contributed by atoms with E-state index in [0.29, 0.717) is 0 Å². The third-order valence-electron chi connectivity index (χ3n) is 2.50. The van der Waals surface area contributed by atoms with Crippen molar-refractivity contribution in [1.29, 1.82) is 0 Å². The molecule has 2 aromatic rings. The lowest BCUT2D eigenvalue weighted by Gasteiger charge is -2.11. The number of anilines is 1. The Morgan fingerprint density at radius 1 is 1.00 bits per heavy atom. The second kappa shape index (κ2) is 6.09. The number of halogens is 4. The molecule has 6 heteroatoms. The summed E-state index contributed by atoms with van der Waals surface area (Å²) in [4.78, 5) is 0. The van der Waals surface area contributed by atoms with Crippen LogP contribution >= 0.6 is 15.9 Å². The topological polar surface area (TPSA) is 24.4 Å². The highest BCUT2D eigenvalue weighted by Crippen LogP contribution is 2.34. The first-order chi connectivity index (χ1) is 9.47. The minimum absolute atomic E-state index is 0.0756. The maximum absolute atomic E-state index is 12.7. The van der Waals surface area contributed by atoms with Gasteiger partial charge < -0.3 is 0 Å². The summed E-state index contributed by atoms with van der Waals surface area (Å²) < 4.78 is 39.2. The molecule has 0 aliphatic carbocycles. The molecule has 0 aliphatic heterocycles. The van der Waals surface area contributed by atoms with Gasteiger partial charge in [-0.3, -0.25) is 5.43 Å². The van der Waals surface area contributed by atoms with E-state index < -0.39 is 11.7 Å². The van der Waals surface area contributed by atoms with Gasteiger partial charge in [0.25, 0.3) is 0 Å². The van der Waals surface area contributed by atoms with E-state index in [1.807, 2.05) is 12.1 Å². The van der Waals surface area contributed by atoms with Gasteiger partial charge in [-0.25, -0.2) is 0 Å². The molecule has 20 heavy (non-hydrogen) atoms. The SMILES string of the molecule is FC(F)(F)c1ccccc1NN=Cc1ccc(Br)cc1. The van der Waals surface area contributed by atoms with Crippen LogP contribution in [0.2, 0.25) is 0 Å². The number of hydrogen-bond acceptors (Lipinski definition) is 2. The summed E-state index contributed by atoms with van der Waals surface area (Å²) in [6, 6.07) is 12.4. The monoisotopic (exact) mass is 342 g/mol. The predicted octanol–water partition coefficient (Wildman–Crippen LogP) is 4.91. The molecule has 0 saturated carbocycles. The molecule has 0 saturated heterocycles. The Labute approximate surface area is 122 Å². The fourth-order valence-corrected chi connectivity index (χ4v) is 1.82. The molecule has 2 nitrogen and oxygen atoms in total. The molecule has 1 N–H and O–H groups in total. The van der Waals surface area contributed by atoms with E-state index in [9.17, 15) is 13.2 Å². The minimum atomic E-state index is -4.41. The van der Waals surface area contributed by atoms with Crippen LogP contribution < -0.4 is 5.43 Å². The number of alkyl halides is 3. The van der Waals surface area contributed by atoms with Crippen LogP contribution in [0.3, 0.4) is 0 Å². The van der Waals surface area contributed by atoms with Crippen molar-refractivity contribution in [2.75, 3.05) is 5.43 Å². The Morgan fingerprint density at radius 2 is 1.65 bits per heavy atom. The summed E-state index contributed by atoms with van der Waals surface area (Å²) in [6.07, 6.45) is -2.95. The lowest BCUT2D eigenvalue weighted by molar-refractivity contribution is -0.136. The van der Waals surface area contributed by atoms with Gasteiger partial charge in [-0.2, -0.15) is 18.3 Å². The fourth-order valence-electron chi connectivity index (χ4n) is 1.55. The Morgan fingerprint density at radius 3 is 2.30 bits per heavy atom. The zero-order chi connectivity index (χ0) is 14.6. The maximum atomic E-state index is 12.7. The van der Waals surface area contributed by atoms with Crippen molar-refractivity contribution < 1.29 is 13.2 Å². The van der Waals surface area contributed by atoms with Gasteiger partial charge in [0.05, 0.1) is 17.5 Å². The van der Waals surface area contributed by atoms with E-state index in [1.54, 1.807) is 12.1 Å².